The maximum absolute atomic E-state index is 11.2. The van der Waals surface area contributed by atoms with Gasteiger partial charge >= 0.3 is 0 Å². The maximum Gasteiger partial charge on any atom is 0.142 e. The van der Waals surface area contributed by atoms with Gasteiger partial charge in [-0.2, -0.15) is 0 Å². The smallest absolute Gasteiger partial charge is 0.142 e. The minimum Gasteiger partial charge on any atom is -0.497 e. The van der Waals surface area contributed by atoms with Gasteiger partial charge in [0, 0.05) is 4.88 Å². The summed E-state index contributed by atoms with van der Waals surface area (Å²) in [4.78, 5) is 6.49. The zero-order valence-corrected chi connectivity index (χ0v) is 17.4. The first kappa shape index (κ1) is 17.1. The summed E-state index contributed by atoms with van der Waals surface area (Å²) >= 11 is 3.90. The highest BCUT2D eigenvalue weighted by molar-refractivity contribution is 14.1. The Hall–Kier alpha value is -1.98. The van der Waals surface area contributed by atoms with Crippen molar-refractivity contribution < 1.29 is 9.84 Å². The number of ether oxygens (including phenoxy) is 1. The number of rotatable bonds is 5. The van der Waals surface area contributed by atoms with Crippen LogP contribution in [0.25, 0.3) is 10.5 Å². The zero-order chi connectivity index (χ0) is 18.5. The molecule has 4 aromatic rings. The molecule has 3 heterocycles. The van der Waals surface area contributed by atoms with E-state index in [0.717, 1.165) is 25.7 Å². The van der Waals surface area contributed by atoms with Crippen LogP contribution in [-0.4, -0.2) is 36.6 Å². The van der Waals surface area contributed by atoms with Crippen molar-refractivity contribution in [1.29, 1.82) is 0 Å². The predicted molar refractivity (Wildman–Crippen MR) is 110 cm³/mol. The lowest BCUT2D eigenvalue weighted by atomic mass is 10.1. The number of benzene rings is 1. The van der Waals surface area contributed by atoms with E-state index in [0.29, 0.717) is 11.6 Å². The summed E-state index contributed by atoms with van der Waals surface area (Å²) in [5, 5.41) is 19.8. The van der Waals surface area contributed by atoms with E-state index in [2.05, 4.69) is 37.9 Å². The molecule has 1 atom stereocenters. The van der Waals surface area contributed by atoms with Gasteiger partial charge in [-0.3, -0.25) is 4.40 Å². The number of halogens is 1. The van der Waals surface area contributed by atoms with Gasteiger partial charge in [0.2, 0.25) is 0 Å². The van der Waals surface area contributed by atoms with Crippen LogP contribution in [-0.2, 0) is 0 Å². The van der Waals surface area contributed by atoms with Crippen LogP contribution < -0.4 is 4.74 Å². The van der Waals surface area contributed by atoms with Gasteiger partial charge in [0.1, 0.15) is 32.4 Å². The molecule has 0 amide bonds. The minimum atomic E-state index is -0.845. The van der Waals surface area contributed by atoms with E-state index in [9.17, 15) is 5.11 Å². The van der Waals surface area contributed by atoms with E-state index in [1.54, 1.807) is 29.5 Å². The number of aromatic nitrogens is 5. The fourth-order valence-electron chi connectivity index (χ4n) is 3.19. The number of imidazole rings is 1. The van der Waals surface area contributed by atoms with E-state index >= 15 is 0 Å². The van der Waals surface area contributed by atoms with Crippen molar-refractivity contribution in [2.24, 2.45) is 0 Å². The number of fused-ring (bicyclic) bond motifs is 1. The van der Waals surface area contributed by atoms with Crippen LogP contribution in [0.3, 0.4) is 0 Å². The molecular weight excluding hydrogens is 477 g/mol. The number of nitrogens with zero attached hydrogens (tertiary/aromatic N) is 5. The van der Waals surface area contributed by atoms with Gasteiger partial charge in [-0.1, -0.05) is 5.21 Å². The quantitative estimate of drug-likeness (QED) is 0.431. The Morgan fingerprint density at radius 1 is 1.30 bits per heavy atom. The Morgan fingerprint density at radius 2 is 2.07 bits per heavy atom. The molecule has 1 aromatic carbocycles. The van der Waals surface area contributed by atoms with Crippen molar-refractivity contribution in [3.05, 3.63) is 56.8 Å². The Balaban J connectivity index is 1.56. The highest BCUT2D eigenvalue weighted by Crippen LogP contribution is 2.47. The molecule has 1 saturated carbocycles. The number of aliphatic hydroxyl groups excluding tert-OH is 1. The molecule has 1 unspecified atom stereocenters. The van der Waals surface area contributed by atoms with Gasteiger partial charge in [-0.05, 0) is 65.6 Å². The Bertz CT molecular complexity index is 1110. The highest BCUT2D eigenvalue weighted by Gasteiger charge is 2.34. The molecular formula is C18H16IN5O2S. The van der Waals surface area contributed by atoms with Gasteiger partial charge in [-0.25, -0.2) is 9.67 Å². The molecule has 7 nitrogen and oxygen atoms in total. The van der Waals surface area contributed by atoms with Crippen molar-refractivity contribution in [2.45, 2.75) is 24.9 Å². The highest BCUT2D eigenvalue weighted by atomic mass is 127. The normalized spacial score (nSPS) is 15.4. The molecule has 1 N–H and O–H groups in total. The second-order valence-electron chi connectivity index (χ2n) is 6.51. The van der Waals surface area contributed by atoms with Crippen LogP contribution in [0.1, 0.15) is 41.1 Å². The zero-order valence-electron chi connectivity index (χ0n) is 14.4. The third-order valence-corrected chi connectivity index (χ3v) is 7.04. The molecule has 1 aliphatic carbocycles. The van der Waals surface area contributed by atoms with Crippen LogP contribution in [0.4, 0.5) is 0 Å². The summed E-state index contributed by atoms with van der Waals surface area (Å²) in [7, 11) is 1.64. The van der Waals surface area contributed by atoms with Crippen molar-refractivity contribution >= 4 is 38.8 Å². The first-order valence-corrected chi connectivity index (χ1v) is 10.4. The number of hydrogen-bond acceptors (Lipinski definition) is 6. The number of aliphatic hydroxyl groups is 1. The number of methoxy groups -OCH3 is 1. The van der Waals surface area contributed by atoms with Gasteiger partial charge in [0.05, 0.1) is 24.7 Å². The summed E-state index contributed by atoms with van der Waals surface area (Å²) in [5.74, 6) is 1.32. The molecule has 5 rings (SSSR count). The van der Waals surface area contributed by atoms with Gasteiger partial charge in [0.15, 0.2) is 0 Å². The third kappa shape index (κ3) is 2.84. The molecule has 27 heavy (non-hydrogen) atoms. The maximum atomic E-state index is 11.2. The third-order valence-electron chi connectivity index (χ3n) is 4.75. The summed E-state index contributed by atoms with van der Waals surface area (Å²) in [6.45, 7) is 0. The summed E-state index contributed by atoms with van der Waals surface area (Å²) in [5.41, 5.74) is 2.29. The monoisotopic (exact) mass is 493 g/mol. The molecule has 138 valence electrons. The fourth-order valence-corrected chi connectivity index (χ4v) is 5.27. The van der Waals surface area contributed by atoms with E-state index in [1.807, 2.05) is 34.9 Å². The summed E-state index contributed by atoms with van der Waals surface area (Å²) in [6.07, 6.45) is 5.10. The lowest BCUT2D eigenvalue weighted by Crippen LogP contribution is -2.08. The van der Waals surface area contributed by atoms with Crippen molar-refractivity contribution in [3.8, 4) is 11.4 Å². The van der Waals surface area contributed by atoms with Crippen LogP contribution in [0.15, 0.2) is 36.8 Å². The molecule has 1 fully saturated rings. The van der Waals surface area contributed by atoms with Crippen molar-refractivity contribution in [2.75, 3.05) is 7.11 Å². The Labute approximate surface area is 172 Å². The van der Waals surface area contributed by atoms with Gasteiger partial charge in [0.25, 0.3) is 0 Å². The molecule has 0 radical (unpaired) electrons. The average molecular weight is 493 g/mol. The molecule has 0 bridgehead atoms. The Kier molecular flexibility index (Phi) is 4.17. The molecule has 0 spiro atoms. The lowest BCUT2D eigenvalue weighted by Gasteiger charge is -2.11. The van der Waals surface area contributed by atoms with Crippen molar-refractivity contribution in [3.63, 3.8) is 0 Å². The van der Waals surface area contributed by atoms with Gasteiger partial charge < -0.3 is 9.84 Å². The lowest BCUT2D eigenvalue weighted by molar-refractivity contribution is 0.207. The standard InChI is InChI=1S/C18H16IN5O2S/c1-26-12-6-4-11(5-7-12)24-18(19)14(21-22-24)16(25)15-17(10-2-3-10)27-13-8-20-9-23(13)15/h4-10,16,25H,2-3H2,1H3. The topological polar surface area (TPSA) is 77.5 Å². The van der Waals surface area contributed by atoms with E-state index < -0.39 is 6.10 Å². The van der Waals surface area contributed by atoms with Crippen LogP contribution in [0.2, 0.25) is 0 Å². The molecule has 1 aliphatic rings. The van der Waals surface area contributed by atoms with Crippen LogP contribution in [0, 0.1) is 3.70 Å². The average Bonchev–Trinajstić information content (AvgIpc) is 3.14. The van der Waals surface area contributed by atoms with E-state index in [-0.39, 0.29) is 0 Å². The summed E-state index contributed by atoms with van der Waals surface area (Å²) < 4.78 is 9.70. The summed E-state index contributed by atoms with van der Waals surface area (Å²) in [6, 6.07) is 7.59. The van der Waals surface area contributed by atoms with Crippen LogP contribution >= 0.6 is 33.9 Å². The first-order valence-electron chi connectivity index (χ1n) is 8.55. The molecule has 9 heteroatoms. The largest absolute Gasteiger partial charge is 0.497 e. The predicted octanol–water partition coefficient (Wildman–Crippen LogP) is 3.55. The first-order chi connectivity index (χ1) is 13.2. The van der Waals surface area contributed by atoms with Crippen LogP contribution in [0.5, 0.6) is 5.75 Å². The fraction of sp³-hybridized carbons (Fsp3) is 0.278. The second-order valence-corrected chi connectivity index (χ2v) is 8.59. The Morgan fingerprint density at radius 3 is 2.78 bits per heavy atom. The number of hydrogen-bond donors (Lipinski definition) is 1. The van der Waals surface area contributed by atoms with E-state index in [4.69, 9.17) is 4.74 Å². The number of thiazole rings is 1. The van der Waals surface area contributed by atoms with Crippen molar-refractivity contribution in [1.82, 2.24) is 24.4 Å². The molecule has 0 saturated heterocycles. The molecule has 3 aromatic heterocycles. The molecule has 0 aliphatic heterocycles. The minimum absolute atomic E-state index is 0.536. The SMILES string of the molecule is COc1ccc(-n2nnc(C(O)c3c(C4CC4)sc4cncn34)c2I)cc1. The second kappa shape index (κ2) is 6.57. The van der Waals surface area contributed by atoms with E-state index in [1.165, 1.54) is 17.7 Å². The van der Waals surface area contributed by atoms with Gasteiger partial charge in [-0.15, -0.1) is 16.4 Å².